The lowest BCUT2D eigenvalue weighted by Gasteiger charge is -2.17. The number of benzene rings is 1. The van der Waals surface area contributed by atoms with Gasteiger partial charge in [-0.15, -0.1) is 0 Å². The van der Waals surface area contributed by atoms with Crippen molar-refractivity contribution in [1.82, 2.24) is 5.32 Å². The molecule has 0 saturated heterocycles. The van der Waals surface area contributed by atoms with Crippen LogP contribution < -0.4 is 5.32 Å². The van der Waals surface area contributed by atoms with Crippen LogP contribution in [0, 0.1) is 11.7 Å². The smallest absolute Gasteiger partial charge is 0.225 e. The van der Waals surface area contributed by atoms with Crippen LogP contribution >= 0.6 is 11.6 Å². The first-order valence-corrected chi connectivity index (χ1v) is 6.95. The number of aliphatic hydroxyl groups excluding tert-OH is 2. The SMILES string of the molecule is O=C(NCC(O)c1ccc(Cl)c(F)c1)C1CCCC1O. The summed E-state index contributed by atoms with van der Waals surface area (Å²) >= 11 is 5.56. The van der Waals surface area contributed by atoms with Gasteiger partial charge in [0, 0.05) is 6.54 Å². The van der Waals surface area contributed by atoms with Gasteiger partial charge in [-0.2, -0.15) is 0 Å². The first-order valence-electron chi connectivity index (χ1n) is 6.58. The quantitative estimate of drug-likeness (QED) is 0.794. The van der Waals surface area contributed by atoms with E-state index in [1.807, 2.05) is 0 Å². The van der Waals surface area contributed by atoms with Crippen LogP contribution in [0.1, 0.15) is 30.9 Å². The van der Waals surface area contributed by atoms with E-state index in [1.165, 1.54) is 12.1 Å². The fraction of sp³-hybridized carbons (Fsp3) is 0.500. The topological polar surface area (TPSA) is 69.6 Å². The number of carbonyl (C=O) groups is 1. The average molecular weight is 302 g/mol. The summed E-state index contributed by atoms with van der Waals surface area (Å²) in [6.45, 7) is -0.0247. The first kappa shape index (κ1) is 15.2. The zero-order valence-corrected chi connectivity index (χ0v) is 11.6. The lowest BCUT2D eigenvalue weighted by atomic mass is 10.0. The molecular weight excluding hydrogens is 285 g/mol. The molecule has 1 aliphatic carbocycles. The van der Waals surface area contributed by atoms with E-state index >= 15 is 0 Å². The van der Waals surface area contributed by atoms with Crippen molar-refractivity contribution in [3.05, 3.63) is 34.6 Å². The third-order valence-corrected chi connectivity index (χ3v) is 3.92. The van der Waals surface area contributed by atoms with Crippen LogP contribution in [0.3, 0.4) is 0 Å². The van der Waals surface area contributed by atoms with Gasteiger partial charge in [0.1, 0.15) is 5.82 Å². The van der Waals surface area contributed by atoms with E-state index in [0.717, 1.165) is 12.5 Å². The summed E-state index contributed by atoms with van der Waals surface area (Å²) in [5.74, 6) is -1.30. The van der Waals surface area contributed by atoms with Crippen LogP contribution in [0.5, 0.6) is 0 Å². The third-order valence-electron chi connectivity index (χ3n) is 3.61. The van der Waals surface area contributed by atoms with E-state index in [1.54, 1.807) is 0 Å². The number of hydrogen-bond donors (Lipinski definition) is 3. The van der Waals surface area contributed by atoms with Gasteiger partial charge < -0.3 is 15.5 Å². The van der Waals surface area contributed by atoms with E-state index in [-0.39, 0.29) is 17.5 Å². The molecule has 1 amide bonds. The Labute approximate surface area is 121 Å². The van der Waals surface area contributed by atoms with Crippen LogP contribution in [0.2, 0.25) is 5.02 Å². The van der Waals surface area contributed by atoms with E-state index < -0.39 is 23.9 Å². The van der Waals surface area contributed by atoms with Gasteiger partial charge in [0.2, 0.25) is 5.91 Å². The van der Waals surface area contributed by atoms with Crippen LogP contribution in [-0.2, 0) is 4.79 Å². The second-order valence-corrected chi connectivity index (χ2v) is 5.45. The fourth-order valence-corrected chi connectivity index (χ4v) is 2.53. The second-order valence-electron chi connectivity index (χ2n) is 5.04. The van der Waals surface area contributed by atoms with E-state index in [4.69, 9.17) is 11.6 Å². The first-order chi connectivity index (χ1) is 9.49. The number of amides is 1. The van der Waals surface area contributed by atoms with Gasteiger partial charge in [-0.05, 0) is 37.0 Å². The molecule has 3 N–H and O–H groups in total. The molecule has 6 heteroatoms. The van der Waals surface area contributed by atoms with Crippen molar-refractivity contribution in [3.63, 3.8) is 0 Å². The molecule has 0 radical (unpaired) electrons. The minimum atomic E-state index is -1.01. The van der Waals surface area contributed by atoms with Crippen molar-refractivity contribution in [2.24, 2.45) is 5.92 Å². The van der Waals surface area contributed by atoms with Crippen LogP contribution in [0.25, 0.3) is 0 Å². The standard InChI is InChI=1S/C14H17ClFNO3/c15-10-5-4-8(6-11(10)16)13(19)7-17-14(20)9-2-1-3-12(9)18/h4-6,9,12-13,18-19H,1-3,7H2,(H,17,20). The molecular formula is C14H17ClFNO3. The zero-order valence-electron chi connectivity index (χ0n) is 10.9. The van der Waals surface area contributed by atoms with Gasteiger partial charge in [-0.3, -0.25) is 4.79 Å². The molecule has 110 valence electrons. The summed E-state index contributed by atoms with van der Waals surface area (Å²) in [7, 11) is 0. The van der Waals surface area contributed by atoms with Crippen LogP contribution in [-0.4, -0.2) is 28.8 Å². The second kappa shape index (κ2) is 6.52. The minimum absolute atomic E-state index is 0.0148. The lowest BCUT2D eigenvalue weighted by molar-refractivity contribution is -0.128. The number of nitrogens with one attached hydrogen (secondary N) is 1. The monoisotopic (exact) mass is 301 g/mol. The predicted molar refractivity (Wildman–Crippen MR) is 72.7 cm³/mol. The molecule has 0 bridgehead atoms. The third kappa shape index (κ3) is 3.48. The highest BCUT2D eigenvalue weighted by molar-refractivity contribution is 6.30. The van der Waals surface area contributed by atoms with Crippen molar-refractivity contribution < 1.29 is 19.4 Å². The largest absolute Gasteiger partial charge is 0.392 e. The Kier molecular flexibility index (Phi) is 4.96. The van der Waals surface area contributed by atoms with Crippen molar-refractivity contribution in [2.75, 3.05) is 6.54 Å². The van der Waals surface area contributed by atoms with Gasteiger partial charge in [0.25, 0.3) is 0 Å². The molecule has 1 aliphatic rings. The Balaban J connectivity index is 1.89. The molecule has 0 aliphatic heterocycles. The molecule has 0 aromatic heterocycles. The molecule has 20 heavy (non-hydrogen) atoms. The average Bonchev–Trinajstić information content (AvgIpc) is 2.85. The van der Waals surface area contributed by atoms with Crippen LogP contribution in [0.15, 0.2) is 18.2 Å². The maximum Gasteiger partial charge on any atom is 0.225 e. The van der Waals surface area contributed by atoms with Crippen molar-refractivity contribution in [2.45, 2.75) is 31.5 Å². The summed E-state index contributed by atoms with van der Waals surface area (Å²) in [5.41, 5.74) is 0.346. The summed E-state index contributed by atoms with van der Waals surface area (Å²) in [6, 6.07) is 4.01. The predicted octanol–water partition coefficient (Wildman–Crippen LogP) is 1.79. The summed E-state index contributed by atoms with van der Waals surface area (Å²) < 4.78 is 13.3. The Bertz CT molecular complexity index is 497. The van der Waals surface area contributed by atoms with Gasteiger partial charge in [0.15, 0.2) is 0 Å². The highest BCUT2D eigenvalue weighted by atomic mass is 35.5. The van der Waals surface area contributed by atoms with Crippen molar-refractivity contribution in [3.8, 4) is 0 Å². The zero-order chi connectivity index (χ0) is 14.7. The Morgan fingerprint density at radius 1 is 1.50 bits per heavy atom. The molecule has 1 aromatic carbocycles. The number of carbonyl (C=O) groups excluding carboxylic acids is 1. The van der Waals surface area contributed by atoms with Gasteiger partial charge in [0.05, 0.1) is 23.1 Å². The Morgan fingerprint density at radius 2 is 2.25 bits per heavy atom. The molecule has 1 fully saturated rings. The normalized spacial score (nSPS) is 23.6. The highest BCUT2D eigenvalue weighted by Crippen LogP contribution is 2.26. The van der Waals surface area contributed by atoms with Crippen molar-refractivity contribution in [1.29, 1.82) is 0 Å². The van der Waals surface area contributed by atoms with E-state index in [9.17, 15) is 19.4 Å². The molecule has 4 nitrogen and oxygen atoms in total. The molecule has 0 spiro atoms. The number of halogens is 2. The summed E-state index contributed by atoms with van der Waals surface area (Å²) in [6.07, 6.45) is 0.482. The number of rotatable bonds is 4. The maximum absolute atomic E-state index is 13.3. The Hall–Kier alpha value is -1.17. The minimum Gasteiger partial charge on any atom is -0.392 e. The van der Waals surface area contributed by atoms with Crippen molar-refractivity contribution >= 4 is 17.5 Å². The molecule has 2 rings (SSSR count). The Morgan fingerprint density at radius 3 is 2.85 bits per heavy atom. The van der Waals surface area contributed by atoms with E-state index in [2.05, 4.69) is 5.32 Å². The fourth-order valence-electron chi connectivity index (χ4n) is 2.41. The molecule has 0 heterocycles. The van der Waals surface area contributed by atoms with Gasteiger partial charge >= 0.3 is 0 Å². The highest BCUT2D eigenvalue weighted by Gasteiger charge is 2.31. The molecule has 3 unspecified atom stereocenters. The maximum atomic E-state index is 13.3. The van der Waals surface area contributed by atoms with Gasteiger partial charge in [-0.25, -0.2) is 4.39 Å². The number of hydrogen-bond acceptors (Lipinski definition) is 3. The molecule has 3 atom stereocenters. The number of aliphatic hydroxyl groups is 2. The summed E-state index contributed by atoms with van der Waals surface area (Å²) in [5, 5.41) is 22.1. The van der Waals surface area contributed by atoms with Gasteiger partial charge in [-0.1, -0.05) is 17.7 Å². The lowest BCUT2D eigenvalue weighted by Crippen LogP contribution is -2.37. The summed E-state index contributed by atoms with van der Waals surface area (Å²) in [4.78, 5) is 11.8. The molecule has 1 aromatic rings. The van der Waals surface area contributed by atoms with Crippen LogP contribution in [0.4, 0.5) is 4.39 Å². The van der Waals surface area contributed by atoms with E-state index in [0.29, 0.717) is 18.4 Å². The molecule has 1 saturated carbocycles.